The van der Waals surface area contributed by atoms with Crippen molar-refractivity contribution in [3.05, 3.63) is 65.3 Å². The van der Waals surface area contributed by atoms with E-state index in [1.54, 1.807) is 21.4 Å². The van der Waals surface area contributed by atoms with Crippen LogP contribution in [-0.2, 0) is 6.54 Å². The number of hydrogen-bond acceptors (Lipinski definition) is 3. The van der Waals surface area contributed by atoms with Crippen LogP contribution < -0.4 is 10.3 Å². The molecule has 0 aliphatic heterocycles. The van der Waals surface area contributed by atoms with Gasteiger partial charge in [0.1, 0.15) is 5.75 Å². The Morgan fingerprint density at radius 1 is 0.960 bits per heavy atom. The van der Waals surface area contributed by atoms with Crippen LogP contribution in [0.15, 0.2) is 59.8 Å². The standard InChI is InChI=1S/C20H23N3O2/c1-3-11-22-15-18(7-10-20(22)24)23-14-17(13-21-23)16-5-8-19(9-6-16)25-12-4-2/h5-10,13-15H,3-4,11-12H2,1-2H3. The summed E-state index contributed by atoms with van der Waals surface area (Å²) in [4.78, 5) is 11.8. The number of pyridine rings is 1. The number of aromatic nitrogens is 3. The minimum absolute atomic E-state index is 0.0145. The molecule has 25 heavy (non-hydrogen) atoms. The molecular weight excluding hydrogens is 314 g/mol. The number of benzene rings is 1. The molecule has 5 nitrogen and oxygen atoms in total. The van der Waals surface area contributed by atoms with Crippen LogP contribution in [0.2, 0.25) is 0 Å². The van der Waals surface area contributed by atoms with Crippen LogP contribution in [0.25, 0.3) is 16.8 Å². The first-order chi connectivity index (χ1) is 12.2. The Morgan fingerprint density at radius 3 is 2.48 bits per heavy atom. The van der Waals surface area contributed by atoms with Crippen LogP contribution in [0.3, 0.4) is 0 Å². The number of hydrogen-bond donors (Lipinski definition) is 0. The molecule has 5 heteroatoms. The Kier molecular flexibility index (Phi) is 5.33. The lowest BCUT2D eigenvalue weighted by molar-refractivity contribution is 0.317. The van der Waals surface area contributed by atoms with Gasteiger partial charge in [0.05, 0.1) is 18.5 Å². The van der Waals surface area contributed by atoms with Crippen molar-refractivity contribution in [2.45, 2.75) is 33.2 Å². The molecule has 0 saturated carbocycles. The summed E-state index contributed by atoms with van der Waals surface area (Å²) in [5.74, 6) is 0.879. The summed E-state index contributed by atoms with van der Waals surface area (Å²) in [7, 11) is 0. The van der Waals surface area contributed by atoms with Crippen LogP contribution in [0.1, 0.15) is 26.7 Å². The third-order valence-corrected chi connectivity index (χ3v) is 3.94. The third kappa shape index (κ3) is 3.99. The van der Waals surface area contributed by atoms with E-state index in [4.69, 9.17) is 4.74 Å². The van der Waals surface area contributed by atoms with Crippen LogP contribution in [0.5, 0.6) is 5.75 Å². The lowest BCUT2D eigenvalue weighted by Crippen LogP contribution is -2.19. The second kappa shape index (κ2) is 7.83. The molecule has 0 saturated heterocycles. The van der Waals surface area contributed by atoms with Crippen LogP contribution >= 0.6 is 0 Å². The van der Waals surface area contributed by atoms with Gasteiger partial charge in [-0.25, -0.2) is 4.68 Å². The fourth-order valence-corrected chi connectivity index (χ4v) is 2.65. The molecular formula is C20H23N3O2. The second-order valence-corrected chi connectivity index (χ2v) is 5.97. The van der Waals surface area contributed by atoms with E-state index in [9.17, 15) is 4.79 Å². The fourth-order valence-electron chi connectivity index (χ4n) is 2.65. The highest BCUT2D eigenvalue weighted by Gasteiger charge is 2.06. The Morgan fingerprint density at radius 2 is 1.76 bits per heavy atom. The van der Waals surface area contributed by atoms with Crippen molar-refractivity contribution in [3.63, 3.8) is 0 Å². The lowest BCUT2D eigenvalue weighted by atomic mass is 10.1. The summed E-state index contributed by atoms with van der Waals surface area (Å²) in [6.07, 6.45) is 7.56. The van der Waals surface area contributed by atoms with Gasteiger partial charge in [0, 0.05) is 30.6 Å². The monoisotopic (exact) mass is 337 g/mol. The predicted octanol–water partition coefficient (Wildman–Crippen LogP) is 3.90. The maximum atomic E-state index is 11.8. The largest absolute Gasteiger partial charge is 0.494 e. The average molecular weight is 337 g/mol. The number of rotatable bonds is 7. The lowest BCUT2D eigenvalue weighted by Gasteiger charge is -2.07. The molecule has 1 aromatic carbocycles. The summed E-state index contributed by atoms with van der Waals surface area (Å²) >= 11 is 0. The molecule has 0 aliphatic rings. The Labute approximate surface area is 147 Å². The highest BCUT2D eigenvalue weighted by Crippen LogP contribution is 2.23. The minimum Gasteiger partial charge on any atom is -0.494 e. The topological polar surface area (TPSA) is 49.1 Å². The SMILES string of the molecule is CCCOc1ccc(-c2cnn(-c3ccc(=O)n(CCC)c3)c2)cc1. The van der Waals surface area contributed by atoms with Crippen molar-refractivity contribution in [3.8, 4) is 22.6 Å². The molecule has 3 aromatic rings. The van der Waals surface area contributed by atoms with Gasteiger partial charge in [-0.3, -0.25) is 4.79 Å². The van der Waals surface area contributed by atoms with E-state index in [1.165, 1.54) is 0 Å². The van der Waals surface area contributed by atoms with Gasteiger partial charge in [0.2, 0.25) is 0 Å². The van der Waals surface area contributed by atoms with E-state index in [0.29, 0.717) is 6.54 Å². The molecule has 0 fully saturated rings. The maximum absolute atomic E-state index is 11.8. The Balaban J connectivity index is 1.82. The van der Waals surface area contributed by atoms with E-state index in [0.717, 1.165) is 42.0 Å². The zero-order valence-electron chi connectivity index (χ0n) is 14.7. The first-order valence-electron chi connectivity index (χ1n) is 8.70. The van der Waals surface area contributed by atoms with Gasteiger partial charge >= 0.3 is 0 Å². The van der Waals surface area contributed by atoms with E-state index >= 15 is 0 Å². The number of aryl methyl sites for hydroxylation is 1. The van der Waals surface area contributed by atoms with Crippen LogP contribution in [-0.4, -0.2) is 21.0 Å². The summed E-state index contributed by atoms with van der Waals surface area (Å²) in [6, 6.07) is 11.4. The van der Waals surface area contributed by atoms with Crippen molar-refractivity contribution >= 4 is 0 Å². The zero-order valence-corrected chi connectivity index (χ0v) is 14.7. The van der Waals surface area contributed by atoms with Gasteiger partial charge in [-0.2, -0.15) is 5.10 Å². The van der Waals surface area contributed by atoms with Gasteiger partial charge in [0.15, 0.2) is 0 Å². The van der Waals surface area contributed by atoms with E-state index in [1.807, 2.05) is 42.9 Å². The first-order valence-corrected chi connectivity index (χ1v) is 8.70. The van der Waals surface area contributed by atoms with Gasteiger partial charge in [-0.1, -0.05) is 26.0 Å². The molecule has 130 valence electrons. The fraction of sp³-hybridized carbons (Fsp3) is 0.300. The highest BCUT2D eigenvalue weighted by atomic mass is 16.5. The van der Waals surface area contributed by atoms with E-state index < -0.39 is 0 Å². The van der Waals surface area contributed by atoms with Crippen molar-refractivity contribution in [2.75, 3.05) is 6.61 Å². The zero-order chi connectivity index (χ0) is 17.6. The quantitative estimate of drug-likeness (QED) is 0.657. The summed E-state index contributed by atoms with van der Waals surface area (Å²) in [5.41, 5.74) is 3.00. The smallest absolute Gasteiger partial charge is 0.250 e. The molecule has 0 N–H and O–H groups in total. The van der Waals surface area contributed by atoms with Crippen molar-refractivity contribution in [2.24, 2.45) is 0 Å². The summed E-state index contributed by atoms with van der Waals surface area (Å²) < 4.78 is 9.13. The molecule has 0 aliphatic carbocycles. The highest BCUT2D eigenvalue weighted by molar-refractivity contribution is 5.63. The molecule has 2 aromatic heterocycles. The molecule has 3 rings (SSSR count). The van der Waals surface area contributed by atoms with Gasteiger partial charge in [0.25, 0.3) is 5.56 Å². The molecule has 0 bridgehead atoms. The van der Waals surface area contributed by atoms with Crippen LogP contribution in [0, 0.1) is 0 Å². The van der Waals surface area contributed by atoms with Gasteiger partial charge in [-0.15, -0.1) is 0 Å². The van der Waals surface area contributed by atoms with Crippen molar-refractivity contribution < 1.29 is 4.74 Å². The van der Waals surface area contributed by atoms with Crippen molar-refractivity contribution in [1.29, 1.82) is 0 Å². The molecule has 0 atom stereocenters. The summed E-state index contributed by atoms with van der Waals surface area (Å²) in [5, 5.41) is 4.44. The van der Waals surface area contributed by atoms with Gasteiger partial charge in [-0.05, 0) is 36.6 Å². The Hall–Kier alpha value is -2.82. The second-order valence-electron chi connectivity index (χ2n) is 5.97. The molecule has 0 spiro atoms. The predicted molar refractivity (Wildman–Crippen MR) is 99.3 cm³/mol. The normalized spacial score (nSPS) is 10.8. The van der Waals surface area contributed by atoms with Crippen LogP contribution in [0.4, 0.5) is 0 Å². The number of ether oxygens (including phenoxy) is 1. The molecule has 0 radical (unpaired) electrons. The average Bonchev–Trinajstić information content (AvgIpc) is 3.12. The first kappa shape index (κ1) is 17.0. The van der Waals surface area contributed by atoms with E-state index in [-0.39, 0.29) is 5.56 Å². The maximum Gasteiger partial charge on any atom is 0.250 e. The van der Waals surface area contributed by atoms with Gasteiger partial charge < -0.3 is 9.30 Å². The summed E-state index contributed by atoms with van der Waals surface area (Å²) in [6.45, 7) is 5.58. The minimum atomic E-state index is 0.0145. The van der Waals surface area contributed by atoms with Crippen molar-refractivity contribution in [1.82, 2.24) is 14.3 Å². The third-order valence-electron chi connectivity index (χ3n) is 3.94. The van der Waals surface area contributed by atoms with E-state index in [2.05, 4.69) is 18.9 Å². The molecule has 0 amide bonds. The Bertz CT molecular complexity index is 878. The number of nitrogens with zero attached hydrogens (tertiary/aromatic N) is 3. The molecule has 0 unspecified atom stereocenters. The molecule has 2 heterocycles.